The molecule has 5 heteroatoms. The molecule has 2 N–H and O–H groups in total. The van der Waals surface area contributed by atoms with E-state index in [4.69, 9.17) is 14.6 Å². The first kappa shape index (κ1) is 15.7. The second-order valence-corrected chi connectivity index (χ2v) is 4.74. The quantitative estimate of drug-likeness (QED) is 0.824. The van der Waals surface area contributed by atoms with Crippen LogP contribution in [0.15, 0.2) is 48.5 Å². The molecule has 0 saturated heterocycles. The number of rotatable bonds is 7. The van der Waals surface area contributed by atoms with E-state index in [0.29, 0.717) is 31.1 Å². The fourth-order valence-electron chi connectivity index (χ4n) is 2.04. The van der Waals surface area contributed by atoms with Crippen molar-refractivity contribution in [1.29, 1.82) is 0 Å². The molecule has 2 aromatic carbocycles. The van der Waals surface area contributed by atoms with Gasteiger partial charge < -0.3 is 19.9 Å². The summed E-state index contributed by atoms with van der Waals surface area (Å²) >= 11 is 0. The third-order valence-electron chi connectivity index (χ3n) is 3.16. The molecule has 0 saturated carbocycles. The van der Waals surface area contributed by atoms with Gasteiger partial charge in [-0.2, -0.15) is 0 Å². The Morgan fingerprint density at radius 3 is 2.55 bits per heavy atom. The lowest BCUT2D eigenvalue weighted by atomic mass is 10.1. The third-order valence-corrected chi connectivity index (χ3v) is 3.16. The molecule has 0 aliphatic carbocycles. The lowest BCUT2D eigenvalue weighted by Crippen LogP contribution is -2.23. The summed E-state index contributed by atoms with van der Waals surface area (Å²) in [6.07, 6.45) is -0.420. The van der Waals surface area contributed by atoms with Gasteiger partial charge in [0.2, 0.25) is 0 Å². The Hall–Kier alpha value is -2.69. The number of carbonyl (C=O) groups is 1. The highest BCUT2D eigenvalue weighted by molar-refractivity contribution is 5.64. The van der Waals surface area contributed by atoms with Gasteiger partial charge in [0.1, 0.15) is 6.61 Å². The SMILES string of the molecule is COc1cc(CCNC(=O)O)ccc1OCc1ccccc1. The summed E-state index contributed by atoms with van der Waals surface area (Å²) in [5.74, 6) is 1.31. The first-order chi connectivity index (χ1) is 10.7. The van der Waals surface area contributed by atoms with Gasteiger partial charge >= 0.3 is 6.09 Å². The summed E-state index contributed by atoms with van der Waals surface area (Å²) in [5.41, 5.74) is 2.07. The Balaban J connectivity index is 1.98. The normalized spacial score (nSPS) is 10.0. The van der Waals surface area contributed by atoms with Crippen LogP contribution in [0, 0.1) is 0 Å². The molecular formula is C17H19NO4. The Bertz CT molecular complexity index is 613. The van der Waals surface area contributed by atoms with Crippen molar-refractivity contribution in [3.8, 4) is 11.5 Å². The Morgan fingerprint density at radius 1 is 1.09 bits per heavy atom. The van der Waals surface area contributed by atoms with Gasteiger partial charge in [-0.3, -0.25) is 0 Å². The van der Waals surface area contributed by atoms with E-state index in [9.17, 15) is 4.79 Å². The molecule has 0 spiro atoms. The predicted molar refractivity (Wildman–Crippen MR) is 83.5 cm³/mol. The maximum atomic E-state index is 10.4. The number of hydrogen-bond donors (Lipinski definition) is 2. The highest BCUT2D eigenvalue weighted by atomic mass is 16.5. The van der Waals surface area contributed by atoms with Crippen molar-refractivity contribution < 1.29 is 19.4 Å². The molecule has 0 aliphatic rings. The van der Waals surface area contributed by atoms with Crippen molar-refractivity contribution in [2.75, 3.05) is 13.7 Å². The number of carboxylic acid groups (broad SMARTS) is 1. The first-order valence-corrected chi connectivity index (χ1v) is 6.99. The van der Waals surface area contributed by atoms with E-state index in [1.807, 2.05) is 48.5 Å². The number of methoxy groups -OCH3 is 1. The number of hydrogen-bond acceptors (Lipinski definition) is 3. The molecule has 116 valence electrons. The van der Waals surface area contributed by atoms with E-state index in [1.54, 1.807) is 7.11 Å². The van der Waals surface area contributed by atoms with E-state index >= 15 is 0 Å². The van der Waals surface area contributed by atoms with Crippen molar-refractivity contribution in [3.63, 3.8) is 0 Å². The highest BCUT2D eigenvalue weighted by Gasteiger charge is 2.06. The van der Waals surface area contributed by atoms with Crippen LogP contribution < -0.4 is 14.8 Å². The van der Waals surface area contributed by atoms with Gasteiger partial charge in [-0.1, -0.05) is 36.4 Å². The fourth-order valence-corrected chi connectivity index (χ4v) is 2.04. The smallest absolute Gasteiger partial charge is 0.404 e. The molecule has 2 aromatic rings. The summed E-state index contributed by atoms with van der Waals surface area (Å²) in [4.78, 5) is 10.4. The first-order valence-electron chi connectivity index (χ1n) is 6.99. The van der Waals surface area contributed by atoms with E-state index in [-0.39, 0.29) is 0 Å². The minimum Gasteiger partial charge on any atom is -0.493 e. The van der Waals surface area contributed by atoms with Gasteiger partial charge in [0.05, 0.1) is 7.11 Å². The standard InChI is InChI=1S/C17H19NO4/c1-21-16-11-13(9-10-18-17(19)20)7-8-15(16)22-12-14-5-3-2-4-6-14/h2-8,11,18H,9-10,12H2,1H3,(H,19,20). The second kappa shape index (κ2) is 7.93. The number of benzene rings is 2. The van der Waals surface area contributed by atoms with Crippen molar-refractivity contribution in [2.45, 2.75) is 13.0 Å². The van der Waals surface area contributed by atoms with E-state index in [1.165, 1.54) is 0 Å². The zero-order valence-corrected chi connectivity index (χ0v) is 12.4. The molecule has 0 fully saturated rings. The van der Waals surface area contributed by atoms with Gasteiger partial charge in [-0.05, 0) is 29.7 Å². The van der Waals surface area contributed by atoms with Gasteiger partial charge in [0.15, 0.2) is 11.5 Å². The lowest BCUT2D eigenvalue weighted by Gasteiger charge is -2.12. The second-order valence-electron chi connectivity index (χ2n) is 4.74. The fraction of sp³-hybridized carbons (Fsp3) is 0.235. The maximum Gasteiger partial charge on any atom is 0.404 e. The van der Waals surface area contributed by atoms with Crippen LogP contribution in [0.1, 0.15) is 11.1 Å². The lowest BCUT2D eigenvalue weighted by molar-refractivity contribution is 0.194. The molecule has 0 heterocycles. The van der Waals surface area contributed by atoms with Crippen LogP contribution in [-0.4, -0.2) is 24.9 Å². The molecule has 0 atom stereocenters. The minimum atomic E-state index is -1.02. The molecule has 2 rings (SSSR count). The summed E-state index contributed by atoms with van der Waals surface area (Å²) in [5, 5.41) is 10.9. The molecular weight excluding hydrogens is 282 g/mol. The minimum absolute atomic E-state index is 0.364. The average molecular weight is 301 g/mol. The van der Waals surface area contributed by atoms with E-state index in [0.717, 1.165) is 11.1 Å². The summed E-state index contributed by atoms with van der Waals surface area (Å²) < 4.78 is 11.1. The molecule has 0 radical (unpaired) electrons. The molecule has 1 amide bonds. The van der Waals surface area contributed by atoms with Crippen molar-refractivity contribution in [1.82, 2.24) is 5.32 Å². The van der Waals surface area contributed by atoms with Crippen LogP contribution in [0.2, 0.25) is 0 Å². The summed E-state index contributed by atoms with van der Waals surface area (Å²) in [6.45, 7) is 0.833. The largest absolute Gasteiger partial charge is 0.493 e. The average Bonchev–Trinajstić information content (AvgIpc) is 2.54. The van der Waals surface area contributed by atoms with Crippen molar-refractivity contribution in [3.05, 3.63) is 59.7 Å². The van der Waals surface area contributed by atoms with Gasteiger partial charge in [0.25, 0.3) is 0 Å². The molecule has 5 nitrogen and oxygen atoms in total. The maximum absolute atomic E-state index is 10.4. The summed E-state index contributed by atoms with van der Waals surface area (Å²) in [6, 6.07) is 15.5. The van der Waals surface area contributed by atoms with Crippen LogP contribution in [0.25, 0.3) is 0 Å². The van der Waals surface area contributed by atoms with E-state index < -0.39 is 6.09 Å². The topological polar surface area (TPSA) is 67.8 Å². The monoisotopic (exact) mass is 301 g/mol. The number of ether oxygens (including phenoxy) is 2. The van der Waals surface area contributed by atoms with Crippen molar-refractivity contribution >= 4 is 6.09 Å². The highest BCUT2D eigenvalue weighted by Crippen LogP contribution is 2.29. The van der Waals surface area contributed by atoms with Gasteiger partial charge in [-0.25, -0.2) is 4.79 Å². The third kappa shape index (κ3) is 4.70. The van der Waals surface area contributed by atoms with Crippen molar-refractivity contribution in [2.24, 2.45) is 0 Å². The Kier molecular flexibility index (Phi) is 5.65. The zero-order chi connectivity index (χ0) is 15.8. The van der Waals surface area contributed by atoms with Gasteiger partial charge in [-0.15, -0.1) is 0 Å². The Labute approximate surface area is 129 Å². The van der Waals surface area contributed by atoms with E-state index in [2.05, 4.69) is 5.32 Å². The molecule has 0 unspecified atom stereocenters. The van der Waals surface area contributed by atoms with Crippen LogP contribution in [0.4, 0.5) is 4.79 Å². The Morgan fingerprint density at radius 2 is 1.86 bits per heavy atom. The van der Waals surface area contributed by atoms with Crippen LogP contribution in [0.5, 0.6) is 11.5 Å². The molecule has 22 heavy (non-hydrogen) atoms. The molecule has 0 bridgehead atoms. The van der Waals surface area contributed by atoms with Gasteiger partial charge in [0, 0.05) is 6.54 Å². The molecule has 0 aromatic heterocycles. The number of amides is 1. The summed E-state index contributed by atoms with van der Waals surface area (Å²) in [7, 11) is 1.59. The predicted octanol–water partition coefficient (Wildman–Crippen LogP) is 3.08. The van der Waals surface area contributed by atoms with Crippen LogP contribution >= 0.6 is 0 Å². The zero-order valence-electron chi connectivity index (χ0n) is 12.4. The molecule has 0 aliphatic heterocycles. The number of nitrogens with one attached hydrogen (secondary N) is 1. The van der Waals surface area contributed by atoms with Crippen LogP contribution in [0.3, 0.4) is 0 Å². The van der Waals surface area contributed by atoms with Crippen LogP contribution in [-0.2, 0) is 13.0 Å².